The van der Waals surface area contributed by atoms with Gasteiger partial charge in [-0.2, -0.15) is 0 Å². The number of ether oxygens (including phenoxy) is 1. The van der Waals surface area contributed by atoms with Gasteiger partial charge in [0.1, 0.15) is 0 Å². The third kappa shape index (κ3) is 2.94. The molecule has 0 aromatic heterocycles. The first-order valence-electron chi connectivity index (χ1n) is 6.06. The van der Waals surface area contributed by atoms with Crippen molar-refractivity contribution >= 4 is 5.97 Å². The van der Waals surface area contributed by atoms with E-state index in [2.05, 4.69) is 12.2 Å². The molecule has 3 nitrogen and oxygen atoms in total. The van der Waals surface area contributed by atoms with Gasteiger partial charge in [-0.15, -0.1) is 0 Å². The Balaban J connectivity index is 2.59. The molecule has 1 aliphatic rings. The predicted molar refractivity (Wildman–Crippen MR) is 60.7 cm³/mol. The molecule has 0 radical (unpaired) electrons. The van der Waals surface area contributed by atoms with Gasteiger partial charge in [0.15, 0.2) is 0 Å². The molecular weight excluding hydrogens is 190 g/mol. The van der Waals surface area contributed by atoms with Crippen LogP contribution in [-0.4, -0.2) is 25.2 Å². The highest BCUT2D eigenvalue weighted by atomic mass is 16.5. The van der Waals surface area contributed by atoms with Crippen LogP contribution in [0.4, 0.5) is 0 Å². The topological polar surface area (TPSA) is 38.3 Å². The van der Waals surface area contributed by atoms with Crippen LogP contribution in [0.2, 0.25) is 0 Å². The van der Waals surface area contributed by atoms with Crippen molar-refractivity contribution in [2.24, 2.45) is 5.41 Å². The molecule has 1 heterocycles. The largest absolute Gasteiger partial charge is 0.462 e. The lowest BCUT2D eigenvalue weighted by Gasteiger charge is -2.35. The van der Waals surface area contributed by atoms with E-state index in [-0.39, 0.29) is 17.5 Å². The van der Waals surface area contributed by atoms with Crippen molar-refractivity contribution in [3.63, 3.8) is 0 Å². The van der Waals surface area contributed by atoms with Crippen LogP contribution < -0.4 is 5.32 Å². The van der Waals surface area contributed by atoms with Crippen LogP contribution in [0, 0.1) is 5.41 Å². The van der Waals surface area contributed by atoms with E-state index in [4.69, 9.17) is 4.74 Å². The molecule has 1 aliphatic heterocycles. The maximum Gasteiger partial charge on any atom is 0.313 e. The zero-order valence-electron chi connectivity index (χ0n) is 10.1. The lowest BCUT2D eigenvalue weighted by molar-refractivity contribution is -0.162. The molecule has 2 unspecified atom stereocenters. The molecule has 0 bridgehead atoms. The number of hydrogen-bond acceptors (Lipinski definition) is 3. The summed E-state index contributed by atoms with van der Waals surface area (Å²) >= 11 is 0. The van der Waals surface area contributed by atoms with Gasteiger partial charge in [-0.25, -0.2) is 0 Å². The van der Waals surface area contributed by atoms with E-state index in [1.54, 1.807) is 0 Å². The quantitative estimate of drug-likeness (QED) is 0.727. The predicted octanol–water partition coefficient (Wildman–Crippen LogP) is 2.11. The highest BCUT2D eigenvalue weighted by Crippen LogP contribution is 2.32. The normalized spacial score (nSPS) is 28.5. The van der Waals surface area contributed by atoms with Crippen LogP contribution in [-0.2, 0) is 9.53 Å². The molecular formula is C12H23NO2. The highest BCUT2D eigenvalue weighted by Gasteiger charge is 2.39. The summed E-state index contributed by atoms with van der Waals surface area (Å²) < 4.78 is 5.45. The molecule has 0 aromatic rings. The van der Waals surface area contributed by atoms with Crippen molar-refractivity contribution in [2.75, 3.05) is 13.1 Å². The van der Waals surface area contributed by atoms with Crippen molar-refractivity contribution in [1.82, 2.24) is 5.32 Å². The summed E-state index contributed by atoms with van der Waals surface area (Å²) in [6.07, 6.45) is 3.84. The molecule has 15 heavy (non-hydrogen) atoms. The first-order chi connectivity index (χ1) is 7.14. The minimum atomic E-state index is -0.262. The van der Waals surface area contributed by atoms with E-state index in [9.17, 15) is 4.79 Å². The molecule has 0 saturated carbocycles. The Bertz CT molecular complexity index is 210. The Morgan fingerprint density at radius 1 is 1.53 bits per heavy atom. The molecule has 1 rings (SSSR count). The molecule has 0 aliphatic carbocycles. The van der Waals surface area contributed by atoms with E-state index >= 15 is 0 Å². The number of rotatable bonds is 4. The molecule has 88 valence electrons. The van der Waals surface area contributed by atoms with Gasteiger partial charge < -0.3 is 10.1 Å². The monoisotopic (exact) mass is 213 g/mol. The number of nitrogens with one attached hydrogen (secondary N) is 1. The second-order valence-corrected chi connectivity index (χ2v) is 4.54. The van der Waals surface area contributed by atoms with Gasteiger partial charge in [0.2, 0.25) is 0 Å². The average molecular weight is 213 g/mol. The standard InChI is InChI=1S/C12H23NO2/c1-4-10(3)15-11(14)12(5-2)7-6-8-13-9-12/h10,13H,4-9H2,1-3H3. The number of carbonyl (C=O) groups excluding carboxylic acids is 1. The van der Waals surface area contributed by atoms with Crippen LogP contribution in [0.25, 0.3) is 0 Å². The average Bonchev–Trinajstić information content (AvgIpc) is 2.29. The van der Waals surface area contributed by atoms with E-state index in [1.807, 2.05) is 13.8 Å². The zero-order valence-corrected chi connectivity index (χ0v) is 10.1. The fraction of sp³-hybridized carbons (Fsp3) is 0.917. The maximum atomic E-state index is 12.1. The summed E-state index contributed by atoms with van der Waals surface area (Å²) in [5.74, 6) is -0.00782. The Hall–Kier alpha value is -0.570. The van der Waals surface area contributed by atoms with Crippen LogP contribution in [0.1, 0.15) is 46.5 Å². The molecule has 3 heteroatoms. The number of carbonyl (C=O) groups is 1. The molecule has 0 aromatic carbocycles. The van der Waals surface area contributed by atoms with Crippen LogP contribution >= 0.6 is 0 Å². The molecule has 0 spiro atoms. The Kier molecular flexibility index (Phi) is 4.58. The molecule has 2 atom stereocenters. The summed E-state index contributed by atoms with van der Waals surface area (Å²) in [5.41, 5.74) is -0.262. The number of hydrogen-bond donors (Lipinski definition) is 1. The van der Waals surface area contributed by atoms with Crippen LogP contribution in [0.15, 0.2) is 0 Å². The third-order valence-electron chi connectivity index (χ3n) is 3.47. The second-order valence-electron chi connectivity index (χ2n) is 4.54. The Morgan fingerprint density at radius 3 is 2.73 bits per heavy atom. The molecule has 1 fully saturated rings. The number of esters is 1. The first kappa shape index (κ1) is 12.5. The minimum Gasteiger partial charge on any atom is -0.462 e. The summed E-state index contributed by atoms with van der Waals surface area (Å²) in [6, 6.07) is 0. The summed E-state index contributed by atoms with van der Waals surface area (Å²) in [7, 11) is 0. The lowest BCUT2D eigenvalue weighted by atomic mass is 9.78. The Labute approximate surface area is 92.6 Å². The maximum absolute atomic E-state index is 12.1. The van der Waals surface area contributed by atoms with Gasteiger partial charge in [-0.05, 0) is 39.2 Å². The molecule has 1 saturated heterocycles. The van der Waals surface area contributed by atoms with Crippen molar-refractivity contribution < 1.29 is 9.53 Å². The highest BCUT2D eigenvalue weighted by molar-refractivity contribution is 5.77. The number of piperidine rings is 1. The van der Waals surface area contributed by atoms with Crippen molar-refractivity contribution in [3.8, 4) is 0 Å². The fourth-order valence-corrected chi connectivity index (χ4v) is 1.98. The smallest absolute Gasteiger partial charge is 0.313 e. The van der Waals surface area contributed by atoms with Crippen LogP contribution in [0.3, 0.4) is 0 Å². The van der Waals surface area contributed by atoms with Gasteiger partial charge in [0, 0.05) is 6.54 Å². The SMILES string of the molecule is CCC(C)OC(=O)C1(CC)CCCNC1. The van der Waals surface area contributed by atoms with Crippen molar-refractivity contribution in [1.29, 1.82) is 0 Å². The van der Waals surface area contributed by atoms with E-state index in [0.717, 1.165) is 38.8 Å². The van der Waals surface area contributed by atoms with E-state index in [0.29, 0.717) is 0 Å². The third-order valence-corrected chi connectivity index (χ3v) is 3.47. The summed E-state index contributed by atoms with van der Waals surface area (Å²) in [4.78, 5) is 12.1. The minimum absolute atomic E-state index is 0.00782. The van der Waals surface area contributed by atoms with Gasteiger partial charge in [0.05, 0.1) is 11.5 Å². The van der Waals surface area contributed by atoms with Gasteiger partial charge in [0.25, 0.3) is 0 Å². The fourth-order valence-electron chi connectivity index (χ4n) is 1.98. The van der Waals surface area contributed by atoms with E-state index < -0.39 is 0 Å². The van der Waals surface area contributed by atoms with Crippen molar-refractivity contribution in [2.45, 2.75) is 52.6 Å². The van der Waals surface area contributed by atoms with Crippen LogP contribution in [0.5, 0.6) is 0 Å². The first-order valence-corrected chi connectivity index (χ1v) is 6.06. The summed E-state index contributed by atoms with van der Waals surface area (Å²) in [5, 5.41) is 3.30. The van der Waals surface area contributed by atoms with Crippen molar-refractivity contribution in [3.05, 3.63) is 0 Å². The van der Waals surface area contributed by atoms with E-state index in [1.165, 1.54) is 0 Å². The lowest BCUT2D eigenvalue weighted by Crippen LogP contribution is -2.46. The van der Waals surface area contributed by atoms with Gasteiger partial charge in [-0.1, -0.05) is 13.8 Å². The Morgan fingerprint density at radius 2 is 2.27 bits per heavy atom. The zero-order chi connectivity index (χ0) is 11.3. The second kappa shape index (κ2) is 5.50. The van der Waals surface area contributed by atoms with Gasteiger partial charge >= 0.3 is 5.97 Å². The molecule has 0 amide bonds. The molecule has 1 N–H and O–H groups in total. The van der Waals surface area contributed by atoms with Gasteiger partial charge in [-0.3, -0.25) is 4.79 Å². The summed E-state index contributed by atoms with van der Waals surface area (Å²) in [6.45, 7) is 7.87.